The molecule has 0 fully saturated rings. The molecule has 1 heterocycles. The predicted octanol–water partition coefficient (Wildman–Crippen LogP) is 5.04. The highest BCUT2D eigenvalue weighted by Gasteiger charge is 2.29. The quantitative estimate of drug-likeness (QED) is 0.443. The Kier molecular flexibility index (Phi) is 5.56. The first-order chi connectivity index (χ1) is 15.2. The summed E-state index contributed by atoms with van der Waals surface area (Å²) >= 11 is 0. The Morgan fingerprint density at radius 1 is 1.06 bits per heavy atom. The molecule has 0 saturated carbocycles. The number of nitrogens with one attached hydrogen (secondary N) is 1. The van der Waals surface area contributed by atoms with Gasteiger partial charge in [0, 0.05) is 11.3 Å². The highest BCUT2D eigenvalue weighted by atomic mass is 32.2. The molecule has 164 valence electrons. The number of aryl methyl sites for hydroxylation is 1. The van der Waals surface area contributed by atoms with Crippen LogP contribution in [0.2, 0.25) is 0 Å². The van der Waals surface area contributed by atoms with Crippen molar-refractivity contribution in [3.05, 3.63) is 88.7 Å². The van der Waals surface area contributed by atoms with Crippen LogP contribution in [0.1, 0.15) is 46.8 Å². The van der Waals surface area contributed by atoms with Crippen LogP contribution in [-0.2, 0) is 10.0 Å². The number of hydrogen-bond donors (Lipinski definition) is 1. The summed E-state index contributed by atoms with van der Waals surface area (Å²) in [5.41, 5.74) is 2.38. The molecule has 1 aliphatic rings. The third-order valence-electron chi connectivity index (χ3n) is 5.16. The van der Waals surface area contributed by atoms with Crippen molar-refractivity contribution in [3.8, 4) is 5.75 Å². The van der Waals surface area contributed by atoms with Gasteiger partial charge in [0.1, 0.15) is 16.5 Å². The van der Waals surface area contributed by atoms with E-state index in [1.807, 2.05) is 13.8 Å². The van der Waals surface area contributed by atoms with Crippen LogP contribution in [0.3, 0.4) is 0 Å². The van der Waals surface area contributed by atoms with Gasteiger partial charge in [0.25, 0.3) is 10.0 Å². The number of fused-ring (bicyclic) bond motifs is 1. The first-order valence-electron chi connectivity index (χ1n) is 10.00. The van der Waals surface area contributed by atoms with Crippen molar-refractivity contribution < 1.29 is 22.3 Å². The van der Waals surface area contributed by atoms with Crippen molar-refractivity contribution >= 4 is 27.5 Å². The van der Waals surface area contributed by atoms with Crippen molar-refractivity contribution in [1.82, 2.24) is 0 Å². The molecule has 0 aromatic heterocycles. The standard InChI is InChI=1S/C24H21FN2O4S/c1-14(2)18-13-20(26-23-17-9-5-7-11-22(17)32(29,30)27-23)15(3)12-21(18)31-24(28)16-8-4-6-10-19(16)25/h4-14H,1-3H3,(H,26,27). The molecule has 0 unspecified atom stereocenters. The largest absolute Gasteiger partial charge is 0.423 e. The van der Waals surface area contributed by atoms with Gasteiger partial charge in [0.05, 0.1) is 5.56 Å². The van der Waals surface area contributed by atoms with E-state index in [-0.39, 0.29) is 22.2 Å². The number of carbonyl (C=O) groups is 1. The minimum atomic E-state index is -3.75. The first kappa shape index (κ1) is 21.7. The number of benzene rings is 3. The summed E-state index contributed by atoms with van der Waals surface area (Å²) in [5, 5.41) is 3.11. The van der Waals surface area contributed by atoms with E-state index in [2.05, 4.69) is 9.71 Å². The summed E-state index contributed by atoms with van der Waals surface area (Å²) in [6.07, 6.45) is 0. The van der Waals surface area contributed by atoms with Crippen LogP contribution in [-0.4, -0.2) is 20.2 Å². The highest BCUT2D eigenvalue weighted by Crippen LogP contribution is 2.34. The van der Waals surface area contributed by atoms with E-state index in [1.54, 1.807) is 43.3 Å². The van der Waals surface area contributed by atoms with Crippen molar-refractivity contribution in [2.45, 2.75) is 31.6 Å². The molecule has 32 heavy (non-hydrogen) atoms. The van der Waals surface area contributed by atoms with Gasteiger partial charge >= 0.3 is 5.97 Å². The number of carbonyl (C=O) groups excluding carboxylic acids is 1. The van der Waals surface area contributed by atoms with Gasteiger partial charge in [0.15, 0.2) is 5.84 Å². The number of halogens is 1. The van der Waals surface area contributed by atoms with Crippen molar-refractivity contribution in [3.63, 3.8) is 0 Å². The van der Waals surface area contributed by atoms with Crippen LogP contribution in [0, 0.1) is 12.7 Å². The fourth-order valence-corrected chi connectivity index (χ4v) is 4.65. The topological polar surface area (TPSA) is 84.8 Å². The van der Waals surface area contributed by atoms with Gasteiger partial charge < -0.3 is 10.1 Å². The van der Waals surface area contributed by atoms with Gasteiger partial charge in [0.2, 0.25) is 0 Å². The molecular formula is C24H21FN2O4S. The van der Waals surface area contributed by atoms with E-state index < -0.39 is 21.8 Å². The Hall–Kier alpha value is -3.52. The van der Waals surface area contributed by atoms with Crippen LogP contribution in [0.5, 0.6) is 5.75 Å². The van der Waals surface area contributed by atoms with Crippen molar-refractivity contribution in [1.29, 1.82) is 0 Å². The summed E-state index contributed by atoms with van der Waals surface area (Å²) < 4.78 is 48.1. The summed E-state index contributed by atoms with van der Waals surface area (Å²) in [6, 6.07) is 15.7. The molecule has 0 atom stereocenters. The van der Waals surface area contributed by atoms with Crippen molar-refractivity contribution in [2.24, 2.45) is 4.40 Å². The van der Waals surface area contributed by atoms with Crippen LogP contribution >= 0.6 is 0 Å². The van der Waals surface area contributed by atoms with Gasteiger partial charge in [-0.05, 0) is 60.4 Å². The molecule has 0 saturated heterocycles. The number of esters is 1. The maximum atomic E-state index is 14.0. The lowest BCUT2D eigenvalue weighted by molar-refractivity contribution is 0.0728. The van der Waals surface area contributed by atoms with E-state index in [4.69, 9.17) is 4.74 Å². The third-order valence-corrected chi connectivity index (χ3v) is 6.49. The van der Waals surface area contributed by atoms with Crippen LogP contribution < -0.4 is 10.1 Å². The normalized spacial score (nSPS) is 14.1. The van der Waals surface area contributed by atoms with E-state index in [0.29, 0.717) is 28.1 Å². The number of sulfonamides is 1. The van der Waals surface area contributed by atoms with E-state index in [0.717, 1.165) is 0 Å². The number of hydrogen-bond acceptors (Lipinski definition) is 5. The number of nitrogens with zero attached hydrogens (tertiary/aromatic N) is 1. The summed E-state index contributed by atoms with van der Waals surface area (Å²) in [4.78, 5) is 12.7. The maximum absolute atomic E-state index is 14.0. The highest BCUT2D eigenvalue weighted by molar-refractivity contribution is 7.90. The SMILES string of the molecule is Cc1cc(OC(=O)c2ccccc2F)c(C(C)C)cc1NC1=NS(=O)(=O)c2ccccc21. The van der Waals surface area contributed by atoms with Gasteiger partial charge in [-0.1, -0.05) is 38.1 Å². The lowest BCUT2D eigenvalue weighted by Crippen LogP contribution is -2.15. The Morgan fingerprint density at radius 3 is 2.47 bits per heavy atom. The Morgan fingerprint density at radius 2 is 1.75 bits per heavy atom. The zero-order chi connectivity index (χ0) is 23.0. The molecule has 3 aromatic carbocycles. The minimum absolute atomic E-state index is 0.0268. The fraction of sp³-hybridized carbons (Fsp3) is 0.167. The summed E-state index contributed by atoms with van der Waals surface area (Å²) in [5.74, 6) is -0.920. The number of amidine groups is 1. The maximum Gasteiger partial charge on any atom is 0.346 e. The molecule has 0 radical (unpaired) electrons. The fourth-order valence-electron chi connectivity index (χ4n) is 3.48. The lowest BCUT2D eigenvalue weighted by atomic mass is 9.98. The number of rotatable bonds is 4. The molecule has 0 bridgehead atoms. The molecule has 0 amide bonds. The molecule has 0 aliphatic carbocycles. The van der Waals surface area contributed by atoms with E-state index >= 15 is 0 Å². The second kappa shape index (κ2) is 8.20. The molecule has 6 nitrogen and oxygen atoms in total. The molecule has 1 N–H and O–H groups in total. The third kappa shape index (κ3) is 4.01. The molecule has 4 rings (SSSR count). The molecular weight excluding hydrogens is 431 g/mol. The minimum Gasteiger partial charge on any atom is -0.423 e. The second-order valence-electron chi connectivity index (χ2n) is 7.77. The number of ether oxygens (including phenoxy) is 1. The molecule has 8 heteroatoms. The summed E-state index contributed by atoms with van der Waals surface area (Å²) in [7, 11) is -3.75. The molecule has 3 aromatic rings. The van der Waals surface area contributed by atoms with E-state index in [1.165, 1.54) is 24.3 Å². The first-order valence-corrected chi connectivity index (χ1v) is 11.4. The molecule has 0 spiro atoms. The zero-order valence-electron chi connectivity index (χ0n) is 17.7. The number of anilines is 1. The Labute approximate surface area is 185 Å². The van der Waals surface area contributed by atoms with E-state index in [9.17, 15) is 17.6 Å². The second-order valence-corrected chi connectivity index (χ2v) is 9.34. The average molecular weight is 453 g/mol. The van der Waals surface area contributed by atoms with Gasteiger partial charge in [-0.25, -0.2) is 9.18 Å². The van der Waals surface area contributed by atoms with Crippen molar-refractivity contribution in [2.75, 3.05) is 5.32 Å². The summed E-state index contributed by atoms with van der Waals surface area (Å²) in [6.45, 7) is 5.66. The van der Waals surface area contributed by atoms with Gasteiger partial charge in [-0.15, -0.1) is 4.40 Å². The monoisotopic (exact) mass is 452 g/mol. The smallest absolute Gasteiger partial charge is 0.346 e. The van der Waals surface area contributed by atoms with Gasteiger partial charge in [-0.3, -0.25) is 0 Å². The lowest BCUT2D eigenvalue weighted by Gasteiger charge is -2.18. The Bertz CT molecular complexity index is 1360. The average Bonchev–Trinajstić information content (AvgIpc) is 3.00. The Balaban J connectivity index is 1.69. The molecule has 1 aliphatic heterocycles. The van der Waals surface area contributed by atoms with Gasteiger partial charge in [-0.2, -0.15) is 8.42 Å². The predicted molar refractivity (Wildman–Crippen MR) is 120 cm³/mol. The van der Waals surface area contributed by atoms with Crippen LogP contribution in [0.4, 0.5) is 10.1 Å². The van der Waals surface area contributed by atoms with Crippen LogP contribution in [0.25, 0.3) is 0 Å². The zero-order valence-corrected chi connectivity index (χ0v) is 18.5. The van der Waals surface area contributed by atoms with Crippen LogP contribution in [0.15, 0.2) is 70.0 Å².